The molecule has 0 aliphatic carbocycles. The van der Waals surface area contributed by atoms with Crippen LogP contribution in [0.1, 0.15) is 328 Å². The molecular formula is C57H111NO3. The van der Waals surface area contributed by atoms with E-state index in [4.69, 9.17) is 0 Å². The third-order valence-electron chi connectivity index (χ3n) is 13.3. The van der Waals surface area contributed by atoms with E-state index in [1.165, 1.54) is 257 Å². The van der Waals surface area contributed by atoms with Crippen molar-refractivity contribution < 1.29 is 14.7 Å². The van der Waals surface area contributed by atoms with Crippen LogP contribution in [-0.2, 0) is 9.59 Å². The van der Waals surface area contributed by atoms with E-state index < -0.39 is 0 Å². The van der Waals surface area contributed by atoms with Gasteiger partial charge in [-0.05, 0) is 51.4 Å². The van der Waals surface area contributed by atoms with Crippen molar-refractivity contribution in [2.45, 2.75) is 335 Å². The number of hydrogen-bond acceptors (Lipinski definition) is 3. The Labute approximate surface area is 383 Å². The van der Waals surface area contributed by atoms with E-state index in [0.717, 1.165) is 51.4 Å². The lowest BCUT2D eigenvalue weighted by Crippen LogP contribution is -2.37. The molecule has 0 aliphatic heterocycles. The molecule has 0 aromatic carbocycles. The molecule has 0 saturated heterocycles. The lowest BCUT2D eigenvalue weighted by atomic mass is 10.0. The number of aliphatic hydroxyl groups is 1. The average Bonchev–Trinajstić information content (AvgIpc) is 3.26. The minimum atomic E-state index is -0.0708. The van der Waals surface area contributed by atoms with Crippen LogP contribution in [0.5, 0.6) is 0 Å². The minimum absolute atomic E-state index is 0.0584. The third kappa shape index (κ3) is 51.4. The van der Waals surface area contributed by atoms with Crippen molar-refractivity contribution in [3.8, 4) is 0 Å². The number of Topliss-reactive ketones (excluding diaryl/α,β-unsaturated/α-hetero) is 1. The second-order valence-electron chi connectivity index (χ2n) is 19.6. The van der Waals surface area contributed by atoms with Crippen LogP contribution in [0.3, 0.4) is 0 Å². The van der Waals surface area contributed by atoms with Gasteiger partial charge in [0.05, 0.1) is 12.6 Å². The summed E-state index contributed by atoms with van der Waals surface area (Å²) < 4.78 is 0. The molecular weight excluding hydrogens is 747 g/mol. The number of carbonyl (C=O) groups is 2. The van der Waals surface area contributed by atoms with Gasteiger partial charge in [-0.1, -0.05) is 270 Å². The molecule has 0 bridgehead atoms. The van der Waals surface area contributed by atoms with Crippen LogP contribution in [0.2, 0.25) is 0 Å². The molecule has 61 heavy (non-hydrogen) atoms. The standard InChI is InChI=1S/C57H111NO3/c1-3-5-7-9-11-13-15-17-19-21-22-23-25-27-31-35-39-43-47-51-56(60)52-48-44-40-36-32-28-29-33-37-41-45-49-53-57(61)58-55(54-59)50-46-42-38-34-30-26-24-20-18-16-14-12-10-8-6-4-2/h17,19,55,59H,3-16,18,20-54H2,1-2H3,(H,58,61)/b19-17-/t55-/m1/s1. The van der Waals surface area contributed by atoms with Crippen LogP contribution in [-0.4, -0.2) is 29.4 Å². The molecule has 1 amide bonds. The maximum atomic E-state index is 12.4. The van der Waals surface area contributed by atoms with E-state index in [0.29, 0.717) is 12.2 Å². The molecule has 0 aromatic heterocycles. The number of rotatable bonds is 53. The van der Waals surface area contributed by atoms with Gasteiger partial charge in [0, 0.05) is 19.3 Å². The van der Waals surface area contributed by atoms with E-state index in [1.807, 2.05) is 0 Å². The van der Waals surface area contributed by atoms with Crippen LogP contribution < -0.4 is 5.32 Å². The van der Waals surface area contributed by atoms with Gasteiger partial charge in [-0.25, -0.2) is 0 Å². The number of nitrogens with one attached hydrogen (secondary N) is 1. The van der Waals surface area contributed by atoms with Gasteiger partial charge in [-0.2, -0.15) is 0 Å². The highest BCUT2D eigenvalue weighted by atomic mass is 16.3. The predicted molar refractivity (Wildman–Crippen MR) is 271 cm³/mol. The van der Waals surface area contributed by atoms with Crippen LogP contribution in [0.4, 0.5) is 0 Å². The number of carbonyl (C=O) groups excluding carboxylic acids is 2. The molecule has 4 heteroatoms. The number of allylic oxidation sites excluding steroid dienone is 2. The third-order valence-corrected chi connectivity index (χ3v) is 13.3. The summed E-state index contributed by atoms with van der Waals surface area (Å²) in [6, 6.07) is -0.0708. The van der Waals surface area contributed by atoms with E-state index in [1.54, 1.807) is 0 Å². The van der Waals surface area contributed by atoms with E-state index in [9.17, 15) is 14.7 Å². The fraction of sp³-hybridized carbons (Fsp3) is 0.930. The Hall–Kier alpha value is -1.16. The second-order valence-corrected chi connectivity index (χ2v) is 19.6. The Bertz CT molecular complexity index is 886. The average molecular weight is 859 g/mol. The van der Waals surface area contributed by atoms with Crippen LogP contribution in [0.25, 0.3) is 0 Å². The largest absolute Gasteiger partial charge is 0.394 e. The fourth-order valence-corrected chi connectivity index (χ4v) is 9.05. The van der Waals surface area contributed by atoms with Crippen molar-refractivity contribution in [1.29, 1.82) is 0 Å². The Morgan fingerprint density at radius 1 is 0.361 bits per heavy atom. The highest BCUT2D eigenvalue weighted by molar-refractivity contribution is 5.78. The molecule has 0 aliphatic rings. The number of amides is 1. The van der Waals surface area contributed by atoms with Gasteiger partial charge < -0.3 is 10.4 Å². The van der Waals surface area contributed by atoms with Gasteiger partial charge in [0.2, 0.25) is 5.91 Å². The monoisotopic (exact) mass is 858 g/mol. The molecule has 4 nitrogen and oxygen atoms in total. The molecule has 362 valence electrons. The Morgan fingerprint density at radius 2 is 0.623 bits per heavy atom. The van der Waals surface area contributed by atoms with E-state index in [2.05, 4.69) is 31.3 Å². The summed E-state index contributed by atoms with van der Waals surface area (Å²) in [5, 5.41) is 12.9. The minimum Gasteiger partial charge on any atom is -0.394 e. The highest BCUT2D eigenvalue weighted by Crippen LogP contribution is 2.17. The Balaban J connectivity index is 3.37. The first-order valence-corrected chi connectivity index (χ1v) is 28.2. The zero-order chi connectivity index (χ0) is 44.2. The summed E-state index contributed by atoms with van der Waals surface area (Å²) in [5.41, 5.74) is 0. The fourth-order valence-electron chi connectivity index (χ4n) is 9.05. The second kappa shape index (κ2) is 53.2. The quantitative estimate of drug-likeness (QED) is 0.0473. The number of aliphatic hydroxyl groups excluding tert-OH is 1. The van der Waals surface area contributed by atoms with E-state index >= 15 is 0 Å². The van der Waals surface area contributed by atoms with Crippen molar-refractivity contribution in [2.24, 2.45) is 0 Å². The van der Waals surface area contributed by atoms with Crippen LogP contribution in [0, 0.1) is 0 Å². The van der Waals surface area contributed by atoms with Crippen molar-refractivity contribution in [3.05, 3.63) is 12.2 Å². The molecule has 0 saturated carbocycles. The topological polar surface area (TPSA) is 66.4 Å². The predicted octanol–water partition coefficient (Wildman–Crippen LogP) is 18.7. The summed E-state index contributed by atoms with van der Waals surface area (Å²) in [6.07, 6.45) is 67.4. The lowest BCUT2D eigenvalue weighted by molar-refractivity contribution is -0.122. The van der Waals surface area contributed by atoms with Gasteiger partial charge >= 0.3 is 0 Å². The number of ketones is 1. The van der Waals surface area contributed by atoms with Gasteiger partial charge in [-0.15, -0.1) is 0 Å². The normalized spacial score (nSPS) is 12.2. The zero-order valence-corrected chi connectivity index (χ0v) is 41.9. The molecule has 2 N–H and O–H groups in total. The van der Waals surface area contributed by atoms with Gasteiger partial charge in [0.25, 0.3) is 0 Å². The van der Waals surface area contributed by atoms with Gasteiger partial charge in [-0.3, -0.25) is 9.59 Å². The number of unbranched alkanes of at least 4 members (excludes halogenated alkanes) is 41. The first-order valence-electron chi connectivity index (χ1n) is 28.2. The van der Waals surface area contributed by atoms with Crippen molar-refractivity contribution >= 4 is 11.7 Å². The van der Waals surface area contributed by atoms with Crippen molar-refractivity contribution in [1.82, 2.24) is 5.32 Å². The molecule has 0 aromatic rings. The SMILES string of the molecule is CCCCCCCC/C=C\CCCCCCCCCCCC(=O)CCCCCCCCCCCCCCC(=O)N[C@@H](CO)CCCCCCCCCCCCCCCCCC. The van der Waals surface area contributed by atoms with E-state index in [-0.39, 0.29) is 18.6 Å². The maximum Gasteiger partial charge on any atom is 0.220 e. The summed E-state index contributed by atoms with van der Waals surface area (Å²) in [4.78, 5) is 24.7. The first kappa shape index (κ1) is 59.8. The lowest BCUT2D eigenvalue weighted by Gasteiger charge is -2.16. The van der Waals surface area contributed by atoms with Crippen molar-refractivity contribution in [2.75, 3.05) is 6.61 Å². The summed E-state index contributed by atoms with van der Waals surface area (Å²) in [7, 11) is 0. The molecule has 0 rings (SSSR count). The Kier molecular flexibility index (Phi) is 52.2. The van der Waals surface area contributed by atoms with Gasteiger partial charge in [0.15, 0.2) is 0 Å². The number of hydrogen-bond donors (Lipinski definition) is 2. The first-order chi connectivity index (χ1) is 30.1. The zero-order valence-electron chi connectivity index (χ0n) is 41.9. The maximum absolute atomic E-state index is 12.4. The smallest absolute Gasteiger partial charge is 0.220 e. The molecule has 0 heterocycles. The van der Waals surface area contributed by atoms with Crippen LogP contribution in [0.15, 0.2) is 12.2 Å². The van der Waals surface area contributed by atoms with Crippen molar-refractivity contribution in [3.63, 3.8) is 0 Å². The molecule has 0 fully saturated rings. The summed E-state index contributed by atoms with van der Waals surface area (Å²) in [6.45, 7) is 4.63. The Morgan fingerprint density at radius 3 is 0.934 bits per heavy atom. The van der Waals surface area contributed by atoms with Gasteiger partial charge in [0.1, 0.15) is 5.78 Å². The molecule has 1 atom stereocenters. The van der Waals surface area contributed by atoms with Crippen LogP contribution >= 0.6 is 0 Å². The summed E-state index contributed by atoms with van der Waals surface area (Å²) >= 11 is 0. The highest BCUT2D eigenvalue weighted by Gasteiger charge is 2.11. The summed E-state index contributed by atoms with van der Waals surface area (Å²) in [5.74, 6) is 0.617. The molecule has 0 unspecified atom stereocenters. The molecule has 0 radical (unpaired) electrons. The molecule has 0 spiro atoms.